The third-order valence-corrected chi connectivity index (χ3v) is 4.12. The van der Waals surface area contributed by atoms with E-state index in [9.17, 15) is 4.79 Å². The molecule has 0 aromatic heterocycles. The number of anilines is 1. The smallest absolute Gasteiger partial charge is 0.228 e. The number of hydrogen-bond acceptors (Lipinski definition) is 4. The lowest BCUT2D eigenvalue weighted by molar-refractivity contribution is -0.117. The van der Waals surface area contributed by atoms with Gasteiger partial charge in [-0.3, -0.25) is 9.69 Å². The molecule has 2 fully saturated rings. The summed E-state index contributed by atoms with van der Waals surface area (Å²) in [5, 5.41) is 0. The Balaban J connectivity index is 0.00000132. The summed E-state index contributed by atoms with van der Waals surface area (Å²) in [5.41, 5.74) is 8.07. The molecule has 0 aliphatic carbocycles. The van der Waals surface area contributed by atoms with E-state index < -0.39 is 0 Å². The van der Waals surface area contributed by atoms with Crippen LogP contribution in [-0.4, -0.2) is 49.7 Å². The Morgan fingerprint density at radius 2 is 1.87 bits per heavy atom. The summed E-state index contributed by atoms with van der Waals surface area (Å²) in [6.07, 6.45) is 1.55. The second-order valence-electron chi connectivity index (χ2n) is 5.88. The van der Waals surface area contributed by atoms with Crippen molar-refractivity contribution >= 4 is 36.4 Å². The zero-order valence-corrected chi connectivity index (χ0v) is 14.8. The maximum atomic E-state index is 11.8. The zero-order chi connectivity index (χ0) is 14.7. The van der Waals surface area contributed by atoms with Gasteiger partial charge in [0.25, 0.3) is 0 Å². The number of rotatable bonds is 3. The monoisotopic (exact) mass is 361 g/mol. The van der Waals surface area contributed by atoms with Crippen LogP contribution in [0.15, 0.2) is 24.3 Å². The molecule has 1 atom stereocenters. The highest BCUT2D eigenvalue weighted by molar-refractivity contribution is 5.96. The maximum Gasteiger partial charge on any atom is 0.228 e. The molecule has 0 spiro atoms. The number of hydrogen-bond donors (Lipinski definition) is 1. The van der Waals surface area contributed by atoms with E-state index in [1.54, 1.807) is 4.90 Å². The lowest BCUT2D eigenvalue weighted by Crippen LogP contribution is -2.28. The highest BCUT2D eigenvalue weighted by atomic mass is 35.5. The number of amides is 1. The van der Waals surface area contributed by atoms with Crippen LogP contribution in [0, 0.1) is 0 Å². The second-order valence-corrected chi connectivity index (χ2v) is 5.88. The van der Waals surface area contributed by atoms with Crippen LogP contribution < -0.4 is 10.6 Å². The van der Waals surface area contributed by atoms with E-state index in [0.29, 0.717) is 13.0 Å². The topological polar surface area (TPSA) is 58.8 Å². The van der Waals surface area contributed by atoms with Gasteiger partial charge in [0, 0.05) is 50.9 Å². The molecule has 2 aliphatic heterocycles. The van der Waals surface area contributed by atoms with Crippen LogP contribution >= 0.6 is 24.8 Å². The first-order chi connectivity index (χ1) is 10.2. The molecule has 2 saturated heterocycles. The Hall–Kier alpha value is -0.850. The molecule has 1 aromatic rings. The number of carbonyl (C=O) groups excluding carboxylic acids is 1. The predicted octanol–water partition coefficient (Wildman–Crippen LogP) is 1.82. The van der Waals surface area contributed by atoms with Crippen molar-refractivity contribution in [1.29, 1.82) is 0 Å². The molecule has 1 aromatic carbocycles. The summed E-state index contributed by atoms with van der Waals surface area (Å²) in [6.45, 7) is 5.33. The minimum absolute atomic E-state index is 0. The Morgan fingerprint density at radius 1 is 1.13 bits per heavy atom. The fourth-order valence-corrected chi connectivity index (χ4v) is 2.98. The highest BCUT2D eigenvalue weighted by Gasteiger charge is 2.27. The summed E-state index contributed by atoms with van der Waals surface area (Å²) >= 11 is 0. The fraction of sp³-hybridized carbons (Fsp3) is 0.562. The van der Waals surface area contributed by atoms with Gasteiger partial charge in [-0.1, -0.05) is 12.1 Å². The Bertz CT molecular complexity index is 491. The van der Waals surface area contributed by atoms with Gasteiger partial charge in [0.05, 0.1) is 6.61 Å². The third-order valence-electron chi connectivity index (χ3n) is 4.12. The van der Waals surface area contributed by atoms with Gasteiger partial charge in [0.2, 0.25) is 5.91 Å². The van der Waals surface area contributed by atoms with Crippen molar-refractivity contribution in [2.45, 2.75) is 25.4 Å². The first-order valence-corrected chi connectivity index (χ1v) is 7.67. The molecular weight excluding hydrogens is 337 g/mol. The molecule has 0 saturated carbocycles. The van der Waals surface area contributed by atoms with E-state index in [4.69, 9.17) is 10.5 Å². The molecule has 2 N–H and O–H groups in total. The van der Waals surface area contributed by atoms with Crippen molar-refractivity contribution in [1.82, 2.24) is 4.90 Å². The van der Waals surface area contributed by atoms with Crippen molar-refractivity contribution in [3.63, 3.8) is 0 Å². The molecule has 2 heterocycles. The average Bonchev–Trinajstić information content (AvgIpc) is 2.67. The molecular formula is C16H25Cl2N3O2. The number of benzene rings is 1. The SMILES string of the molecule is Cl.Cl.NC1CC(=O)N(c2ccc(CN3CCCOCC3)cc2)C1. The van der Waals surface area contributed by atoms with Gasteiger partial charge < -0.3 is 15.4 Å². The van der Waals surface area contributed by atoms with Gasteiger partial charge in [-0.25, -0.2) is 0 Å². The van der Waals surface area contributed by atoms with Crippen molar-refractivity contribution in [3.05, 3.63) is 29.8 Å². The minimum Gasteiger partial charge on any atom is -0.380 e. The van der Waals surface area contributed by atoms with E-state index in [1.165, 1.54) is 5.56 Å². The van der Waals surface area contributed by atoms with Gasteiger partial charge in [0.1, 0.15) is 0 Å². The molecule has 1 amide bonds. The predicted molar refractivity (Wildman–Crippen MR) is 96.6 cm³/mol. The molecule has 1 unspecified atom stereocenters. The zero-order valence-electron chi connectivity index (χ0n) is 13.1. The van der Waals surface area contributed by atoms with Crippen LogP contribution in [0.2, 0.25) is 0 Å². The van der Waals surface area contributed by atoms with E-state index >= 15 is 0 Å². The first-order valence-electron chi connectivity index (χ1n) is 7.67. The van der Waals surface area contributed by atoms with Gasteiger partial charge in [-0.2, -0.15) is 0 Å². The van der Waals surface area contributed by atoms with Crippen LogP contribution in [-0.2, 0) is 16.1 Å². The van der Waals surface area contributed by atoms with Gasteiger partial charge >= 0.3 is 0 Å². The molecule has 130 valence electrons. The molecule has 23 heavy (non-hydrogen) atoms. The lowest BCUT2D eigenvalue weighted by atomic mass is 10.2. The summed E-state index contributed by atoms with van der Waals surface area (Å²) in [7, 11) is 0. The normalized spacial score (nSPS) is 22.2. The quantitative estimate of drug-likeness (QED) is 0.891. The van der Waals surface area contributed by atoms with Gasteiger partial charge in [-0.15, -0.1) is 24.8 Å². The molecule has 5 nitrogen and oxygen atoms in total. The van der Waals surface area contributed by atoms with Crippen LogP contribution in [0.25, 0.3) is 0 Å². The van der Waals surface area contributed by atoms with E-state index in [-0.39, 0.29) is 36.8 Å². The van der Waals surface area contributed by atoms with E-state index in [1.807, 2.05) is 12.1 Å². The molecule has 0 radical (unpaired) electrons. The van der Waals surface area contributed by atoms with Crippen LogP contribution in [0.3, 0.4) is 0 Å². The Morgan fingerprint density at radius 3 is 2.52 bits per heavy atom. The largest absolute Gasteiger partial charge is 0.380 e. The highest BCUT2D eigenvalue weighted by Crippen LogP contribution is 2.21. The summed E-state index contributed by atoms with van der Waals surface area (Å²) in [4.78, 5) is 16.1. The molecule has 3 rings (SSSR count). The number of halogens is 2. The number of nitrogens with two attached hydrogens (primary N) is 1. The molecule has 7 heteroatoms. The molecule has 2 aliphatic rings. The number of nitrogens with zero attached hydrogens (tertiary/aromatic N) is 2. The second kappa shape index (κ2) is 9.45. The fourth-order valence-electron chi connectivity index (χ4n) is 2.98. The third kappa shape index (κ3) is 5.33. The summed E-state index contributed by atoms with van der Waals surface area (Å²) < 4.78 is 5.47. The number of ether oxygens (including phenoxy) is 1. The number of carbonyl (C=O) groups is 1. The van der Waals surface area contributed by atoms with E-state index in [0.717, 1.165) is 45.0 Å². The van der Waals surface area contributed by atoms with Crippen LogP contribution in [0.5, 0.6) is 0 Å². The van der Waals surface area contributed by atoms with Crippen LogP contribution in [0.4, 0.5) is 5.69 Å². The standard InChI is InChI=1S/C16H23N3O2.2ClH/c17-14-10-16(20)19(12-14)15-4-2-13(3-5-15)11-18-6-1-8-21-9-7-18;;/h2-5,14H,1,6-12,17H2;2*1H. The van der Waals surface area contributed by atoms with Crippen molar-refractivity contribution in [2.24, 2.45) is 5.73 Å². The molecule has 0 bridgehead atoms. The summed E-state index contributed by atoms with van der Waals surface area (Å²) in [5.74, 6) is 0.125. The van der Waals surface area contributed by atoms with Crippen LogP contribution in [0.1, 0.15) is 18.4 Å². The van der Waals surface area contributed by atoms with Gasteiger partial charge in [0.15, 0.2) is 0 Å². The van der Waals surface area contributed by atoms with Crippen molar-refractivity contribution in [3.8, 4) is 0 Å². The summed E-state index contributed by atoms with van der Waals surface area (Å²) in [6, 6.07) is 8.24. The average molecular weight is 362 g/mol. The van der Waals surface area contributed by atoms with Crippen molar-refractivity contribution < 1.29 is 9.53 Å². The van der Waals surface area contributed by atoms with Crippen molar-refractivity contribution in [2.75, 3.05) is 37.7 Å². The maximum absolute atomic E-state index is 11.8. The lowest BCUT2D eigenvalue weighted by Gasteiger charge is -2.20. The van der Waals surface area contributed by atoms with E-state index in [2.05, 4.69) is 17.0 Å². The minimum atomic E-state index is -0.0331. The Labute approximate surface area is 150 Å². The Kier molecular flexibility index (Phi) is 8.29. The van der Waals surface area contributed by atoms with Gasteiger partial charge in [-0.05, 0) is 24.1 Å². The first kappa shape index (κ1) is 20.2.